The predicted octanol–water partition coefficient (Wildman–Crippen LogP) is 2.53. The molecule has 0 unspecified atom stereocenters. The van der Waals surface area contributed by atoms with E-state index < -0.39 is 0 Å². The molecule has 1 atom stereocenters. The van der Waals surface area contributed by atoms with Gasteiger partial charge in [-0.2, -0.15) is 4.98 Å². The molecule has 0 spiro atoms. The quantitative estimate of drug-likeness (QED) is 0.816. The van der Waals surface area contributed by atoms with Crippen molar-refractivity contribution in [2.75, 3.05) is 32.9 Å². The van der Waals surface area contributed by atoms with Gasteiger partial charge in [0.2, 0.25) is 0 Å². The van der Waals surface area contributed by atoms with Gasteiger partial charge in [0.1, 0.15) is 0 Å². The molecule has 1 aliphatic heterocycles. The summed E-state index contributed by atoms with van der Waals surface area (Å²) in [7, 11) is 0. The van der Waals surface area contributed by atoms with Crippen LogP contribution in [-0.4, -0.2) is 54.1 Å². The van der Waals surface area contributed by atoms with E-state index in [0.29, 0.717) is 24.9 Å². The lowest BCUT2D eigenvalue weighted by Crippen LogP contribution is -2.42. The topological polar surface area (TPSA) is 60.6 Å². The second-order valence-electron chi connectivity index (χ2n) is 5.87. The Hall–Kier alpha value is -1.76. The molecule has 2 heterocycles. The van der Waals surface area contributed by atoms with Gasteiger partial charge in [0.25, 0.3) is 5.89 Å². The average molecular weight is 317 g/mol. The lowest BCUT2D eigenvalue weighted by molar-refractivity contribution is -0.0305. The van der Waals surface area contributed by atoms with Gasteiger partial charge in [0.15, 0.2) is 5.82 Å². The van der Waals surface area contributed by atoms with Gasteiger partial charge >= 0.3 is 0 Å². The number of morpholine rings is 1. The minimum absolute atomic E-state index is 0.0146. The second-order valence-corrected chi connectivity index (χ2v) is 5.87. The number of ether oxygens (including phenoxy) is 2. The van der Waals surface area contributed by atoms with Crippen LogP contribution in [0, 0.1) is 0 Å². The molecule has 6 nitrogen and oxygen atoms in total. The molecule has 1 aromatic heterocycles. The van der Waals surface area contributed by atoms with Gasteiger partial charge in [-0.25, -0.2) is 0 Å². The highest BCUT2D eigenvalue weighted by molar-refractivity contribution is 5.52. The largest absolute Gasteiger partial charge is 0.378 e. The summed E-state index contributed by atoms with van der Waals surface area (Å²) in [5, 5.41) is 4.16. The Kier molecular flexibility index (Phi) is 5.38. The Morgan fingerprint density at radius 1 is 1.30 bits per heavy atom. The van der Waals surface area contributed by atoms with Gasteiger partial charge in [-0.05, 0) is 26.0 Å². The Morgan fingerprint density at radius 3 is 2.91 bits per heavy atom. The minimum Gasteiger partial charge on any atom is -0.378 e. The van der Waals surface area contributed by atoms with Crippen molar-refractivity contribution < 1.29 is 14.0 Å². The van der Waals surface area contributed by atoms with E-state index in [9.17, 15) is 0 Å². The van der Waals surface area contributed by atoms with Gasteiger partial charge in [-0.3, -0.25) is 4.90 Å². The van der Waals surface area contributed by atoms with Gasteiger partial charge in [0, 0.05) is 18.7 Å². The fourth-order valence-electron chi connectivity index (χ4n) is 2.62. The fraction of sp³-hybridized carbons (Fsp3) is 0.529. The molecular weight excluding hydrogens is 294 g/mol. The maximum atomic E-state index is 5.66. The van der Waals surface area contributed by atoms with Crippen molar-refractivity contribution in [2.24, 2.45) is 0 Å². The molecule has 0 aliphatic carbocycles. The number of nitrogens with zero attached hydrogens (tertiary/aromatic N) is 3. The number of benzene rings is 1. The molecule has 124 valence electrons. The summed E-state index contributed by atoms with van der Waals surface area (Å²) in [6.07, 6.45) is 0.240. The molecule has 3 rings (SSSR count). The minimum atomic E-state index is 0.0146. The molecule has 1 aliphatic rings. The summed E-state index contributed by atoms with van der Waals surface area (Å²) in [4.78, 5) is 6.85. The fourth-order valence-corrected chi connectivity index (χ4v) is 2.62. The predicted molar refractivity (Wildman–Crippen MR) is 86.0 cm³/mol. The van der Waals surface area contributed by atoms with Crippen LogP contribution in [0.15, 0.2) is 34.9 Å². The number of rotatable bonds is 6. The third-order valence-electron chi connectivity index (χ3n) is 3.83. The van der Waals surface area contributed by atoms with Crippen LogP contribution in [-0.2, 0) is 9.47 Å². The van der Waals surface area contributed by atoms with Crippen LogP contribution >= 0.6 is 0 Å². The van der Waals surface area contributed by atoms with Gasteiger partial charge in [-0.1, -0.05) is 23.4 Å². The Morgan fingerprint density at radius 2 is 2.13 bits per heavy atom. The molecule has 0 amide bonds. The van der Waals surface area contributed by atoms with Crippen LogP contribution in [0.5, 0.6) is 0 Å². The van der Waals surface area contributed by atoms with Crippen LogP contribution < -0.4 is 0 Å². The highest BCUT2D eigenvalue weighted by Gasteiger charge is 2.28. The summed E-state index contributed by atoms with van der Waals surface area (Å²) in [5.74, 6) is 1.22. The van der Waals surface area contributed by atoms with Crippen molar-refractivity contribution in [2.45, 2.75) is 26.0 Å². The van der Waals surface area contributed by atoms with Crippen molar-refractivity contribution in [1.29, 1.82) is 0 Å². The Labute approximate surface area is 136 Å². The van der Waals surface area contributed by atoms with Crippen molar-refractivity contribution in [3.05, 3.63) is 36.2 Å². The molecule has 1 saturated heterocycles. The molecule has 1 fully saturated rings. The van der Waals surface area contributed by atoms with Crippen molar-refractivity contribution in [3.63, 3.8) is 0 Å². The van der Waals surface area contributed by atoms with E-state index in [0.717, 1.165) is 25.3 Å². The first-order valence-corrected chi connectivity index (χ1v) is 8.06. The zero-order valence-electron chi connectivity index (χ0n) is 13.6. The summed E-state index contributed by atoms with van der Waals surface area (Å²) < 4.78 is 16.7. The highest BCUT2D eigenvalue weighted by Crippen LogP contribution is 2.24. The molecule has 0 bridgehead atoms. The molecule has 2 aromatic rings. The van der Waals surface area contributed by atoms with E-state index in [2.05, 4.69) is 15.0 Å². The van der Waals surface area contributed by atoms with E-state index in [1.807, 2.05) is 44.2 Å². The number of aromatic nitrogens is 2. The van der Waals surface area contributed by atoms with Crippen LogP contribution in [0.3, 0.4) is 0 Å². The SMILES string of the molecule is CC(C)OCCN1CCOC[C@H]1c1noc(-c2ccccc2)n1. The molecule has 0 saturated carbocycles. The van der Waals surface area contributed by atoms with Crippen LogP contribution in [0.4, 0.5) is 0 Å². The summed E-state index contributed by atoms with van der Waals surface area (Å²) in [6, 6.07) is 9.82. The normalized spacial score (nSPS) is 19.3. The van der Waals surface area contributed by atoms with Crippen molar-refractivity contribution >= 4 is 0 Å². The molecule has 1 aromatic carbocycles. The zero-order chi connectivity index (χ0) is 16.1. The average Bonchev–Trinajstić information content (AvgIpc) is 3.06. The van der Waals surface area contributed by atoms with E-state index in [4.69, 9.17) is 14.0 Å². The lowest BCUT2D eigenvalue weighted by Gasteiger charge is -2.33. The maximum Gasteiger partial charge on any atom is 0.257 e. The molecule has 0 N–H and O–H groups in total. The molecule has 6 heteroatoms. The smallest absolute Gasteiger partial charge is 0.257 e. The van der Waals surface area contributed by atoms with Crippen LogP contribution in [0.25, 0.3) is 11.5 Å². The lowest BCUT2D eigenvalue weighted by atomic mass is 10.2. The third-order valence-corrected chi connectivity index (χ3v) is 3.83. The number of hydrogen-bond acceptors (Lipinski definition) is 6. The summed E-state index contributed by atoms with van der Waals surface area (Å²) in [6.45, 7) is 7.77. The molecule has 0 radical (unpaired) electrons. The third kappa shape index (κ3) is 4.16. The van der Waals surface area contributed by atoms with E-state index in [-0.39, 0.29) is 12.1 Å². The number of hydrogen-bond donors (Lipinski definition) is 0. The van der Waals surface area contributed by atoms with E-state index >= 15 is 0 Å². The highest BCUT2D eigenvalue weighted by atomic mass is 16.5. The first-order chi connectivity index (χ1) is 11.2. The summed E-state index contributed by atoms with van der Waals surface area (Å²) >= 11 is 0. The van der Waals surface area contributed by atoms with Crippen molar-refractivity contribution in [3.8, 4) is 11.5 Å². The second kappa shape index (κ2) is 7.68. The Bertz CT molecular complexity index is 600. The van der Waals surface area contributed by atoms with E-state index in [1.54, 1.807) is 0 Å². The first-order valence-electron chi connectivity index (χ1n) is 8.06. The van der Waals surface area contributed by atoms with Gasteiger partial charge in [0.05, 0.1) is 32.0 Å². The zero-order valence-corrected chi connectivity index (χ0v) is 13.6. The van der Waals surface area contributed by atoms with Gasteiger partial charge in [-0.15, -0.1) is 0 Å². The maximum absolute atomic E-state index is 5.66. The van der Waals surface area contributed by atoms with E-state index in [1.165, 1.54) is 0 Å². The Balaban J connectivity index is 1.69. The van der Waals surface area contributed by atoms with Crippen molar-refractivity contribution in [1.82, 2.24) is 15.0 Å². The van der Waals surface area contributed by atoms with Gasteiger partial charge < -0.3 is 14.0 Å². The standard InChI is InChI=1S/C17H23N3O3/c1-13(2)22-11-9-20-8-10-21-12-15(20)16-18-17(23-19-16)14-6-4-3-5-7-14/h3-7,13,15H,8-12H2,1-2H3/t15-/m0/s1. The molecular formula is C17H23N3O3. The molecule has 23 heavy (non-hydrogen) atoms. The first kappa shape index (κ1) is 16.1. The van der Waals surface area contributed by atoms with Crippen LogP contribution in [0.1, 0.15) is 25.7 Å². The van der Waals surface area contributed by atoms with Crippen LogP contribution in [0.2, 0.25) is 0 Å². The summed E-state index contributed by atoms with van der Waals surface area (Å²) in [5.41, 5.74) is 0.928. The monoisotopic (exact) mass is 317 g/mol.